The number of hydrogen-bond donors (Lipinski definition) is 0. The lowest BCUT2D eigenvalue weighted by molar-refractivity contribution is 0.0648. The number of hydrogen-bond acceptors (Lipinski definition) is 5. The highest BCUT2D eigenvalue weighted by atomic mass is 32.1. The summed E-state index contributed by atoms with van der Waals surface area (Å²) in [6.45, 7) is 22.5. The van der Waals surface area contributed by atoms with Crippen molar-refractivity contribution in [2.24, 2.45) is 5.92 Å². The van der Waals surface area contributed by atoms with E-state index >= 15 is 0 Å². The maximum absolute atomic E-state index is 14.1. The molecule has 0 bridgehead atoms. The van der Waals surface area contributed by atoms with Crippen molar-refractivity contribution in [1.82, 2.24) is 4.90 Å². The van der Waals surface area contributed by atoms with Crippen LogP contribution in [-0.4, -0.2) is 23.3 Å². The van der Waals surface area contributed by atoms with Gasteiger partial charge in [0.05, 0.1) is 10.4 Å². The van der Waals surface area contributed by atoms with Crippen LogP contribution in [0.15, 0.2) is 40.8 Å². The van der Waals surface area contributed by atoms with Crippen LogP contribution in [0.25, 0.3) is 20.4 Å². The van der Waals surface area contributed by atoms with Crippen LogP contribution in [0.2, 0.25) is 0 Å². The quantitative estimate of drug-likeness (QED) is 0.0661. The maximum Gasteiger partial charge on any atom is 0.265 e. The van der Waals surface area contributed by atoms with Gasteiger partial charge in [-0.1, -0.05) is 164 Å². The SMILES string of the molecule is CC.CCCCCCCCN1C(=O)c2c(C)oc(-c3cc4c(s3)-c3sc(C(C)(C)C)cc3C4(CC(CC)CCCC)c3ccc(CCCCCC)cc3)c2C1=O. The molecule has 6 heteroatoms. The van der Waals surface area contributed by atoms with Gasteiger partial charge in [0.25, 0.3) is 11.8 Å². The van der Waals surface area contributed by atoms with Crippen LogP contribution in [0.3, 0.4) is 0 Å². The van der Waals surface area contributed by atoms with Crippen LogP contribution < -0.4 is 0 Å². The Morgan fingerprint density at radius 1 is 0.732 bits per heavy atom. The highest BCUT2D eigenvalue weighted by Gasteiger charge is 2.50. The third-order valence-electron chi connectivity index (χ3n) is 12.2. The Bertz CT molecular complexity index is 1900. The molecule has 3 aromatic heterocycles. The molecule has 4 nitrogen and oxygen atoms in total. The van der Waals surface area contributed by atoms with E-state index in [-0.39, 0.29) is 22.6 Å². The lowest BCUT2D eigenvalue weighted by Crippen LogP contribution is -2.31. The minimum atomic E-state index is -0.303. The van der Waals surface area contributed by atoms with Crippen molar-refractivity contribution in [3.8, 4) is 20.4 Å². The number of rotatable bonds is 20. The van der Waals surface area contributed by atoms with Crippen LogP contribution >= 0.6 is 22.7 Å². The molecule has 2 atom stereocenters. The van der Waals surface area contributed by atoms with Gasteiger partial charge in [-0.2, -0.15) is 0 Å². The average molecular weight is 798 g/mol. The highest BCUT2D eigenvalue weighted by molar-refractivity contribution is 7.24. The van der Waals surface area contributed by atoms with Crippen LogP contribution in [0.4, 0.5) is 0 Å². The number of unbranched alkanes of at least 4 members (excludes halogenated alkanes) is 9. The molecule has 6 rings (SSSR count). The monoisotopic (exact) mass is 797 g/mol. The third-order valence-corrected chi connectivity index (χ3v) is 15.1. The fourth-order valence-electron chi connectivity index (χ4n) is 8.91. The molecule has 306 valence electrons. The Morgan fingerprint density at radius 2 is 1.32 bits per heavy atom. The predicted molar refractivity (Wildman–Crippen MR) is 241 cm³/mol. The van der Waals surface area contributed by atoms with Crippen LogP contribution in [-0.2, 0) is 17.3 Å². The van der Waals surface area contributed by atoms with Gasteiger partial charge < -0.3 is 4.42 Å². The number of furan rings is 1. The van der Waals surface area contributed by atoms with E-state index in [0.717, 1.165) is 43.4 Å². The van der Waals surface area contributed by atoms with E-state index in [4.69, 9.17) is 4.42 Å². The summed E-state index contributed by atoms with van der Waals surface area (Å²) in [5, 5.41) is 0. The second-order valence-electron chi connectivity index (χ2n) is 17.3. The first kappa shape index (κ1) is 44.1. The number of carbonyl (C=O) groups excluding carboxylic acids is 2. The number of carbonyl (C=O) groups is 2. The van der Waals surface area contributed by atoms with Crippen LogP contribution in [0, 0.1) is 12.8 Å². The van der Waals surface area contributed by atoms with Gasteiger partial charge in [0, 0.05) is 26.6 Å². The zero-order valence-corrected chi connectivity index (χ0v) is 38.2. The van der Waals surface area contributed by atoms with E-state index in [0.29, 0.717) is 35.1 Å². The van der Waals surface area contributed by atoms with Crippen molar-refractivity contribution in [3.05, 3.63) is 80.4 Å². The highest BCUT2D eigenvalue weighted by Crippen LogP contribution is 2.63. The second kappa shape index (κ2) is 19.7. The molecule has 0 spiro atoms. The minimum absolute atomic E-state index is 0.0287. The third kappa shape index (κ3) is 8.87. The zero-order chi connectivity index (χ0) is 40.6. The summed E-state index contributed by atoms with van der Waals surface area (Å²) in [6, 6.07) is 14.5. The number of imide groups is 1. The Kier molecular flexibility index (Phi) is 15.5. The molecular formula is C50H71NO3S2. The number of aryl methyl sites for hydroxylation is 2. The van der Waals surface area contributed by atoms with Crippen molar-refractivity contribution in [3.63, 3.8) is 0 Å². The van der Waals surface area contributed by atoms with Gasteiger partial charge >= 0.3 is 0 Å². The number of amides is 2. The predicted octanol–water partition coefficient (Wildman–Crippen LogP) is 15.7. The van der Waals surface area contributed by atoms with Gasteiger partial charge in [-0.25, -0.2) is 0 Å². The molecule has 56 heavy (non-hydrogen) atoms. The van der Waals surface area contributed by atoms with Gasteiger partial charge in [-0.3, -0.25) is 14.5 Å². The average Bonchev–Trinajstić information content (AvgIpc) is 3.99. The summed E-state index contributed by atoms with van der Waals surface area (Å²) >= 11 is 3.70. The topological polar surface area (TPSA) is 50.5 Å². The van der Waals surface area contributed by atoms with Crippen molar-refractivity contribution < 1.29 is 14.0 Å². The van der Waals surface area contributed by atoms with E-state index in [1.807, 2.05) is 32.1 Å². The smallest absolute Gasteiger partial charge is 0.265 e. The van der Waals surface area contributed by atoms with E-state index in [1.165, 1.54) is 106 Å². The molecule has 4 aromatic rings. The molecule has 0 saturated carbocycles. The van der Waals surface area contributed by atoms with E-state index in [9.17, 15) is 9.59 Å². The maximum atomic E-state index is 14.1. The number of fused-ring (bicyclic) bond motifs is 4. The summed E-state index contributed by atoms with van der Waals surface area (Å²) in [5.41, 5.74) is 6.25. The van der Waals surface area contributed by atoms with Crippen molar-refractivity contribution in [1.29, 1.82) is 0 Å². The minimum Gasteiger partial charge on any atom is -0.459 e. The molecule has 2 aliphatic rings. The van der Waals surface area contributed by atoms with Crippen LogP contribution in [0.1, 0.15) is 212 Å². The number of thiophene rings is 2. The second-order valence-corrected chi connectivity index (χ2v) is 19.4. The molecule has 0 N–H and O–H groups in total. The van der Waals surface area contributed by atoms with Gasteiger partial charge in [0.15, 0.2) is 5.76 Å². The Labute approximate surface area is 347 Å². The first-order chi connectivity index (χ1) is 27.0. The molecule has 1 aliphatic heterocycles. The molecule has 1 aromatic carbocycles. The Balaban J connectivity index is 0.00000295. The normalized spacial score (nSPS) is 16.6. The van der Waals surface area contributed by atoms with Crippen molar-refractivity contribution in [2.45, 2.75) is 183 Å². The zero-order valence-electron chi connectivity index (χ0n) is 36.6. The molecule has 1 aliphatic carbocycles. The van der Waals surface area contributed by atoms with Crippen molar-refractivity contribution in [2.75, 3.05) is 6.54 Å². The van der Waals surface area contributed by atoms with Gasteiger partial charge in [-0.15, -0.1) is 22.7 Å². The molecule has 2 unspecified atom stereocenters. The van der Waals surface area contributed by atoms with E-state index < -0.39 is 0 Å². The number of nitrogens with zero attached hydrogens (tertiary/aromatic N) is 1. The van der Waals surface area contributed by atoms with Gasteiger partial charge in [0.1, 0.15) is 11.3 Å². The number of benzene rings is 1. The van der Waals surface area contributed by atoms with Gasteiger partial charge in [0.2, 0.25) is 0 Å². The Hall–Kier alpha value is -2.96. The molecule has 2 amide bonds. The lowest BCUT2D eigenvalue weighted by atomic mass is 9.66. The summed E-state index contributed by atoms with van der Waals surface area (Å²) < 4.78 is 6.46. The molecular weight excluding hydrogens is 727 g/mol. The molecule has 0 fully saturated rings. The summed E-state index contributed by atoms with van der Waals surface area (Å²) in [7, 11) is 0. The first-order valence-corrected chi connectivity index (χ1v) is 24.0. The van der Waals surface area contributed by atoms with E-state index in [1.54, 1.807) is 11.3 Å². The summed E-state index contributed by atoms with van der Waals surface area (Å²) in [6.07, 6.45) is 18.7. The fraction of sp³-hybridized carbons (Fsp3) is 0.600. The molecule has 0 radical (unpaired) electrons. The van der Waals surface area contributed by atoms with Crippen LogP contribution in [0.5, 0.6) is 0 Å². The summed E-state index contributed by atoms with van der Waals surface area (Å²) in [4.78, 5) is 34.4. The van der Waals surface area contributed by atoms with Gasteiger partial charge in [-0.05, 0) is 78.3 Å². The molecule has 0 saturated heterocycles. The first-order valence-electron chi connectivity index (χ1n) is 22.4. The Morgan fingerprint density at radius 3 is 1.96 bits per heavy atom. The molecule has 4 heterocycles. The largest absolute Gasteiger partial charge is 0.459 e. The van der Waals surface area contributed by atoms with Crippen molar-refractivity contribution >= 4 is 34.5 Å². The fourth-order valence-corrected chi connectivity index (χ4v) is 11.6. The summed E-state index contributed by atoms with van der Waals surface area (Å²) in [5.74, 6) is 1.32. The van der Waals surface area contributed by atoms with E-state index in [2.05, 4.69) is 84.9 Å². The standard InChI is InChI=1S/C48H65NO3S2.C2H6/c1-9-13-16-18-19-21-28-49-45(50)40-32(5)52-42(41(40)46(49)51)38-29-36-43(53-38)44-37(30-39(54-44)47(6,7)8)48(36,31-33(12-4)22-15-11-3)35-26-24-34(25-27-35)23-20-17-14-10-2;1-2/h24-27,29-30,33H,9-23,28,31H2,1-8H3;1-2H3. The lowest BCUT2D eigenvalue weighted by Gasteiger charge is -2.35.